The van der Waals surface area contributed by atoms with Gasteiger partial charge < -0.3 is 4.57 Å². The van der Waals surface area contributed by atoms with Crippen LogP contribution in [0, 0.1) is 26.0 Å². The molecule has 166 valence electrons. The Labute approximate surface area is 184 Å². The number of nitrogens with zero attached hydrogens (tertiary/aromatic N) is 2. The standard InChI is InChI=1S/C23H22FN2O5P/c1-2-3-4-7-17-14-18(24)12-13-23(17)32(31,21-10-5-8-19(15-21)25(27)28)22-11-6-9-20(16-22)26(29)30/h5-6,8-16H,2-4,7H2,1H3. The van der Waals surface area contributed by atoms with Gasteiger partial charge in [0.2, 0.25) is 0 Å². The van der Waals surface area contributed by atoms with Crippen LogP contribution in [-0.2, 0) is 11.0 Å². The topological polar surface area (TPSA) is 103 Å². The lowest BCUT2D eigenvalue weighted by Gasteiger charge is -2.23. The smallest absolute Gasteiger partial charge is 0.270 e. The number of nitro groups is 2. The highest BCUT2D eigenvalue weighted by Crippen LogP contribution is 2.45. The van der Waals surface area contributed by atoms with Gasteiger partial charge in [-0.25, -0.2) is 4.39 Å². The average Bonchev–Trinajstić information content (AvgIpc) is 2.79. The fraction of sp³-hybridized carbons (Fsp3) is 0.217. The molecule has 32 heavy (non-hydrogen) atoms. The summed E-state index contributed by atoms with van der Waals surface area (Å²) in [7, 11) is -3.79. The molecule has 0 aliphatic heterocycles. The van der Waals surface area contributed by atoms with Crippen molar-refractivity contribution in [2.24, 2.45) is 0 Å². The Balaban J connectivity index is 2.31. The maximum Gasteiger partial charge on any atom is 0.270 e. The van der Waals surface area contributed by atoms with Crippen LogP contribution in [-0.4, -0.2) is 9.85 Å². The van der Waals surface area contributed by atoms with E-state index in [2.05, 4.69) is 0 Å². The zero-order chi connectivity index (χ0) is 23.3. The molecule has 0 N–H and O–H groups in total. The largest absolute Gasteiger partial charge is 0.309 e. The van der Waals surface area contributed by atoms with Crippen molar-refractivity contribution in [1.82, 2.24) is 0 Å². The predicted molar refractivity (Wildman–Crippen MR) is 122 cm³/mol. The minimum atomic E-state index is -3.79. The number of unbranched alkanes of at least 4 members (excludes halogenated alkanes) is 2. The number of halogens is 1. The highest BCUT2D eigenvalue weighted by Gasteiger charge is 2.34. The second-order valence-electron chi connectivity index (χ2n) is 7.39. The molecule has 0 amide bonds. The molecular formula is C23H22FN2O5P. The number of hydrogen-bond donors (Lipinski definition) is 0. The van der Waals surface area contributed by atoms with E-state index >= 15 is 0 Å². The van der Waals surface area contributed by atoms with E-state index in [1.807, 2.05) is 6.92 Å². The normalized spacial score (nSPS) is 11.3. The Kier molecular flexibility index (Phi) is 7.15. The van der Waals surface area contributed by atoms with E-state index in [0.29, 0.717) is 17.3 Å². The Morgan fingerprint density at radius 1 is 0.844 bits per heavy atom. The van der Waals surface area contributed by atoms with Crippen LogP contribution in [0.4, 0.5) is 15.8 Å². The SMILES string of the molecule is CCCCCc1cc(F)ccc1P(=O)(c1cccc([N+](=O)[O-])c1)c1cccc([N+](=O)[O-])c1. The van der Waals surface area contributed by atoms with E-state index in [1.54, 1.807) is 0 Å². The number of aryl methyl sites for hydroxylation is 1. The third-order valence-electron chi connectivity index (χ3n) is 5.24. The van der Waals surface area contributed by atoms with Crippen molar-refractivity contribution in [3.8, 4) is 0 Å². The van der Waals surface area contributed by atoms with Gasteiger partial charge in [-0.3, -0.25) is 20.2 Å². The monoisotopic (exact) mass is 456 g/mol. The first-order chi connectivity index (χ1) is 15.3. The van der Waals surface area contributed by atoms with Gasteiger partial charge in [-0.05, 0) is 36.6 Å². The molecule has 0 aliphatic carbocycles. The summed E-state index contributed by atoms with van der Waals surface area (Å²) in [5.41, 5.74) is 0.0328. The molecule has 0 heterocycles. The van der Waals surface area contributed by atoms with Crippen molar-refractivity contribution in [3.05, 3.63) is 98.3 Å². The van der Waals surface area contributed by atoms with Gasteiger partial charge in [-0.15, -0.1) is 0 Å². The Morgan fingerprint density at radius 2 is 1.41 bits per heavy atom. The molecule has 3 aromatic carbocycles. The summed E-state index contributed by atoms with van der Waals surface area (Å²) >= 11 is 0. The first-order valence-electron chi connectivity index (χ1n) is 10.2. The zero-order valence-corrected chi connectivity index (χ0v) is 18.3. The predicted octanol–water partition coefficient (Wildman–Crippen LogP) is 5.01. The molecule has 0 saturated heterocycles. The van der Waals surface area contributed by atoms with E-state index in [0.717, 1.165) is 19.3 Å². The van der Waals surface area contributed by atoms with E-state index < -0.39 is 22.8 Å². The van der Waals surface area contributed by atoms with Crippen LogP contribution in [0.1, 0.15) is 31.7 Å². The molecule has 0 atom stereocenters. The fourth-order valence-electron chi connectivity index (χ4n) is 3.66. The van der Waals surface area contributed by atoms with E-state index in [-0.39, 0.29) is 22.0 Å². The zero-order valence-electron chi connectivity index (χ0n) is 17.4. The molecule has 0 radical (unpaired) electrons. The average molecular weight is 456 g/mol. The van der Waals surface area contributed by atoms with Crippen LogP contribution in [0.3, 0.4) is 0 Å². The van der Waals surface area contributed by atoms with Crippen LogP contribution < -0.4 is 15.9 Å². The van der Waals surface area contributed by atoms with Crippen molar-refractivity contribution in [3.63, 3.8) is 0 Å². The van der Waals surface area contributed by atoms with Crippen molar-refractivity contribution in [2.75, 3.05) is 0 Å². The second-order valence-corrected chi connectivity index (χ2v) is 10.1. The molecular weight excluding hydrogens is 434 g/mol. The minimum absolute atomic E-state index is 0.163. The lowest BCUT2D eigenvalue weighted by atomic mass is 10.1. The quantitative estimate of drug-likeness (QED) is 0.195. The molecule has 9 heteroatoms. The van der Waals surface area contributed by atoms with Gasteiger partial charge in [0.05, 0.1) is 9.85 Å². The van der Waals surface area contributed by atoms with Crippen LogP contribution in [0.5, 0.6) is 0 Å². The molecule has 3 aromatic rings. The summed E-state index contributed by atoms with van der Waals surface area (Å²) < 4.78 is 28.9. The maximum atomic E-state index is 14.8. The van der Waals surface area contributed by atoms with Gasteiger partial charge in [0.1, 0.15) is 5.82 Å². The number of nitro benzene ring substituents is 2. The first-order valence-corrected chi connectivity index (χ1v) is 11.9. The molecule has 0 aromatic heterocycles. The highest BCUT2D eigenvalue weighted by molar-refractivity contribution is 7.85. The summed E-state index contributed by atoms with van der Waals surface area (Å²) in [6.07, 6.45) is 3.05. The molecule has 0 saturated carbocycles. The van der Waals surface area contributed by atoms with Crippen molar-refractivity contribution in [1.29, 1.82) is 0 Å². The van der Waals surface area contributed by atoms with Crippen LogP contribution in [0.25, 0.3) is 0 Å². The van der Waals surface area contributed by atoms with E-state index in [1.165, 1.54) is 66.7 Å². The Bertz CT molecular complexity index is 1150. The molecule has 0 aliphatic rings. The summed E-state index contributed by atoms with van der Waals surface area (Å²) in [5, 5.41) is 23.4. The third-order valence-corrected chi connectivity index (χ3v) is 8.36. The van der Waals surface area contributed by atoms with Crippen molar-refractivity contribution >= 4 is 34.4 Å². The number of hydrogen-bond acceptors (Lipinski definition) is 5. The summed E-state index contributed by atoms with van der Waals surface area (Å²) in [5.74, 6) is -0.482. The molecule has 0 spiro atoms. The molecule has 0 bridgehead atoms. The Hall–Kier alpha value is -3.38. The van der Waals surface area contributed by atoms with Crippen LogP contribution >= 0.6 is 7.14 Å². The fourth-order valence-corrected chi connectivity index (χ4v) is 6.60. The van der Waals surface area contributed by atoms with Gasteiger partial charge in [-0.1, -0.05) is 44.0 Å². The van der Waals surface area contributed by atoms with Crippen LogP contribution in [0.2, 0.25) is 0 Å². The van der Waals surface area contributed by atoms with Gasteiger partial charge in [0.25, 0.3) is 11.4 Å². The molecule has 0 fully saturated rings. The molecule has 0 unspecified atom stereocenters. The highest BCUT2D eigenvalue weighted by atomic mass is 31.2. The van der Waals surface area contributed by atoms with E-state index in [9.17, 15) is 29.2 Å². The Morgan fingerprint density at radius 3 is 1.91 bits per heavy atom. The van der Waals surface area contributed by atoms with E-state index in [4.69, 9.17) is 0 Å². The number of non-ortho nitro benzene ring substituents is 2. The molecule has 3 rings (SSSR count). The lowest BCUT2D eigenvalue weighted by molar-refractivity contribution is -0.384. The lowest BCUT2D eigenvalue weighted by Crippen LogP contribution is -2.28. The maximum absolute atomic E-state index is 14.8. The number of benzene rings is 3. The van der Waals surface area contributed by atoms with Crippen molar-refractivity contribution in [2.45, 2.75) is 32.6 Å². The van der Waals surface area contributed by atoms with Crippen molar-refractivity contribution < 1.29 is 18.8 Å². The number of rotatable bonds is 9. The summed E-state index contributed by atoms with van der Waals surface area (Å²) in [6.45, 7) is 2.03. The van der Waals surface area contributed by atoms with Gasteiger partial charge in [0, 0.05) is 40.2 Å². The van der Waals surface area contributed by atoms with Crippen LogP contribution in [0.15, 0.2) is 66.7 Å². The third kappa shape index (κ3) is 4.75. The van der Waals surface area contributed by atoms with Gasteiger partial charge >= 0.3 is 0 Å². The van der Waals surface area contributed by atoms with Gasteiger partial charge in [-0.2, -0.15) is 0 Å². The second kappa shape index (κ2) is 9.83. The first kappa shape index (κ1) is 23.3. The van der Waals surface area contributed by atoms with Gasteiger partial charge in [0.15, 0.2) is 7.14 Å². The summed E-state index contributed by atoms with van der Waals surface area (Å²) in [4.78, 5) is 21.5. The molecule has 7 nitrogen and oxygen atoms in total. The summed E-state index contributed by atoms with van der Waals surface area (Å²) in [6, 6.07) is 14.8. The minimum Gasteiger partial charge on any atom is -0.309 e.